The van der Waals surface area contributed by atoms with Gasteiger partial charge >= 0.3 is 6.03 Å². The van der Waals surface area contributed by atoms with Crippen molar-refractivity contribution in [3.05, 3.63) is 35.0 Å². The molecule has 2 aromatic rings. The molecule has 0 saturated carbocycles. The SMILES string of the molecule is Cc1[nH]c2ccc(CNC(=O)NCC3COCCO3)cc2c1C. The third-order valence-electron chi connectivity index (χ3n) is 4.20. The van der Waals surface area contributed by atoms with Crippen LogP contribution in [0.15, 0.2) is 18.2 Å². The van der Waals surface area contributed by atoms with Crippen LogP contribution in [0, 0.1) is 13.8 Å². The summed E-state index contributed by atoms with van der Waals surface area (Å²) in [6.07, 6.45) is -0.0590. The van der Waals surface area contributed by atoms with Crippen LogP contribution in [0.1, 0.15) is 16.8 Å². The number of fused-ring (bicyclic) bond motifs is 1. The molecule has 1 unspecified atom stereocenters. The van der Waals surface area contributed by atoms with Crippen molar-refractivity contribution in [1.82, 2.24) is 15.6 Å². The molecule has 0 bridgehead atoms. The third kappa shape index (κ3) is 3.83. The van der Waals surface area contributed by atoms with Gasteiger partial charge in [0.25, 0.3) is 0 Å². The molecular formula is C17H23N3O3. The summed E-state index contributed by atoms with van der Waals surface area (Å²) in [5.74, 6) is 0. The first-order chi connectivity index (χ1) is 11.1. The molecule has 1 aromatic carbocycles. The lowest BCUT2D eigenvalue weighted by molar-refractivity contribution is -0.0853. The Labute approximate surface area is 135 Å². The van der Waals surface area contributed by atoms with Crippen LogP contribution in [0.5, 0.6) is 0 Å². The van der Waals surface area contributed by atoms with Crippen LogP contribution in [-0.2, 0) is 16.0 Å². The Bertz CT molecular complexity index is 690. The van der Waals surface area contributed by atoms with E-state index in [-0.39, 0.29) is 12.1 Å². The lowest BCUT2D eigenvalue weighted by Crippen LogP contribution is -2.43. The second-order valence-electron chi connectivity index (χ2n) is 5.89. The van der Waals surface area contributed by atoms with E-state index in [4.69, 9.17) is 9.47 Å². The number of ether oxygens (including phenoxy) is 2. The molecule has 1 fully saturated rings. The fourth-order valence-corrected chi connectivity index (χ4v) is 2.72. The van der Waals surface area contributed by atoms with E-state index in [2.05, 4.69) is 41.6 Å². The Morgan fingerprint density at radius 2 is 2.17 bits per heavy atom. The number of hydrogen-bond donors (Lipinski definition) is 3. The molecule has 1 aromatic heterocycles. The lowest BCUT2D eigenvalue weighted by atomic mass is 10.1. The van der Waals surface area contributed by atoms with Gasteiger partial charge in [0.15, 0.2) is 0 Å². The molecule has 6 heteroatoms. The molecule has 0 spiro atoms. The van der Waals surface area contributed by atoms with Crippen LogP contribution in [0.4, 0.5) is 4.79 Å². The lowest BCUT2D eigenvalue weighted by Gasteiger charge is -2.23. The zero-order chi connectivity index (χ0) is 16.2. The summed E-state index contributed by atoms with van der Waals surface area (Å²) in [4.78, 5) is 15.2. The first-order valence-electron chi connectivity index (χ1n) is 7.92. The molecule has 1 saturated heterocycles. The van der Waals surface area contributed by atoms with Gasteiger partial charge in [-0.25, -0.2) is 4.79 Å². The van der Waals surface area contributed by atoms with Crippen LogP contribution in [0.3, 0.4) is 0 Å². The van der Waals surface area contributed by atoms with Crippen LogP contribution in [0.2, 0.25) is 0 Å². The van der Waals surface area contributed by atoms with Crippen molar-refractivity contribution in [3.8, 4) is 0 Å². The van der Waals surface area contributed by atoms with Crippen molar-refractivity contribution in [1.29, 1.82) is 0 Å². The van der Waals surface area contributed by atoms with E-state index in [0.717, 1.165) is 11.1 Å². The summed E-state index contributed by atoms with van der Waals surface area (Å²) >= 11 is 0. The van der Waals surface area contributed by atoms with Crippen LogP contribution in [-0.4, -0.2) is 43.5 Å². The van der Waals surface area contributed by atoms with Crippen LogP contribution in [0.25, 0.3) is 10.9 Å². The zero-order valence-electron chi connectivity index (χ0n) is 13.6. The van der Waals surface area contributed by atoms with Gasteiger partial charge in [0.05, 0.1) is 25.9 Å². The minimum absolute atomic E-state index is 0.0590. The number of benzene rings is 1. The van der Waals surface area contributed by atoms with E-state index in [1.165, 1.54) is 16.6 Å². The number of rotatable bonds is 4. The Hall–Kier alpha value is -2.05. The molecular weight excluding hydrogens is 294 g/mol. The average molecular weight is 317 g/mol. The first-order valence-corrected chi connectivity index (χ1v) is 7.92. The number of carbonyl (C=O) groups excluding carboxylic acids is 1. The van der Waals surface area contributed by atoms with Gasteiger partial charge in [0.2, 0.25) is 0 Å². The minimum atomic E-state index is -0.193. The van der Waals surface area contributed by atoms with E-state index in [9.17, 15) is 4.79 Å². The van der Waals surface area contributed by atoms with Crippen molar-refractivity contribution in [2.75, 3.05) is 26.4 Å². The maximum Gasteiger partial charge on any atom is 0.315 e. The van der Waals surface area contributed by atoms with Gasteiger partial charge in [0, 0.05) is 29.7 Å². The molecule has 0 aliphatic carbocycles. The van der Waals surface area contributed by atoms with E-state index in [1.807, 2.05) is 6.07 Å². The molecule has 1 atom stereocenters. The number of amides is 2. The zero-order valence-corrected chi connectivity index (χ0v) is 13.6. The van der Waals surface area contributed by atoms with E-state index in [1.54, 1.807) is 0 Å². The maximum atomic E-state index is 11.9. The maximum absolute atomic E-state index is 11.9. The van der Waals surface area contributed by atoms with Gasteiger partial charge in [0.1, 0.15) is 0 Å². The van der Waals surface area contributed by atoms with Gasteiger partial charge in [-0.3, -0.25) is 0 Å². The second-order valence-corrected chi connectivity index (χ2v) is 5.89. The molecule has 3 rings (SSSR count). The van der Waals surface area contributed by atoms with Gasteiger partial charge < -0.3 is 25.1 Å². The third-order valence-corrected chi connectivity index (χ3v) is 4.20. The molecule has 2 heterocycles. The van der Waals surface area contributed by atoms with Crippen molar-refractivity contribution in [2.24, 2.45) is 0 Å². The number of carbonyl (C=O) groups is 1. The van der Waals surface area contributed by atoms with E-state index < -0.39 is 0 Å². The van der Waals surface area contributed by atoms with E-state index in [0.29, 0.717) is 32.9 Å². The summed E-state index contributed by atoms with van der Waals surface area (Å²) in [5, 5.41) is 6.89. The fraction of sp³-hybridized carbons (Fsp3) is 0.471. The standard InChI is InChI=1S/C17H23N3O3/c1-11-12(2)20-16-4-3-13(7-15(11)16)8-18-17(21)19-9-14-10-22-5-6-23-14/h3-4,7,14,20H,5-6,8-10H2,1-2H3,(H2,18,19,21). The first kappa shape index (κ1) is 15.8. The number of aromatic amines is 1. The Morgan fingerprint density at radius 1 is 1.30 bits per heavy atom. The number of urea groups is 1. The molecule has 1 aliphatic rings. The predicted molar refractivity (Wildman–Crippen MR) is 88.6 cm³/mol. The molecule has 124 valence electrons. The summed E-state index contributed by atoms with van der Waals surface area (Å²) in [6.45, 7) is 6.87. The highest BCUT2D eigenvalue weighted by molar-refractivity contribution is 5.85. The molecule has 2 amide bonds. The molecule has 3 N–H and O–H groups in total. The molecule has 1 aliphatic heterocycles. The minimum Gasteiger partial charge on any atom is -0.376 e. The number of aromatic nitrogens is 1. The number of hydrogen-bond acceptors (Lipinski definition) is 3. The van der Waals surface area contributed by atoms with Crippen molar-refractivity contribution in [3.63, 3.8) is 0 Å². The van der Waals surface area contributed by atoms with E-state index >= 15 is 0 Å². The molecule has 6 nitrogen and oxygen atoms in total. The van der Waals surface area contributed by atoms with Crippen LogP contribution < -0.4 is 10.6 Å². The second kappa shape index (κ2) is 7.02. The molecule has 0 radical (unpaired) electrons. The summed E-state index contributed by atoms with van der Waals surface area (Å²) in [6, 6.07) is 6.00. The summed E-state index contributed by atoms with van der Waals surface area (Å²) < 4.78 is 10.8. The topological polar surface area (TPSA) is 75.4 Å². The number of H-pyrrole nitrogens is 1. The highest BCUT2D eigenvalue weighted by atomic mass is 16.6. The van der Waals surface area contributed by atoms with Gasteiger partial charge in [-0.15, -0.1) is 0 Å². The average Bonchev–Trinajstić information content (AvgIpc) is 2.86. The fourth-order valence-electron chi connectivity index (χ4n) is 2.72. The Morgan fingerprint density at radius 3 is 2.96 bits per heavy atom. The number of nitrogens with one attached hydrogen (secondary N) is 3. The van der Waals surface area contributed by atoms with Gasteiger partial charge in [-0.2, -0.15) is 0 Å². The summed E-state index contributed by atoms with van der Waals surface area (Å²) in [5.41, 5.74) is 4.63. The van der Waals surface area contributed by atoms with Crippen molar-refractivity contribution < 1.29 is 14.3 Å². The predicted octanol–water partition coefficient (Wildman–Crippen LogP) is 2.00. The Kier molecular flexibility index (Phi) is 4.83. The van der Waals surface area contributed by atoms with Crippen LogP contribution >= 0.6 is 0 Å². The monoisotopic (exact) mass is 317 g/mol. The summed E-state index contributed by atoms with van der Waals surface area (Å²) in [7, 11) is 0. The highest BCUT2D eigenvalue weighted by Crippen LogP contribution is 2.22. The van der Waals surface area contributed by atoms with Gasteiger partial charge in [-0.1, -0.05) is 6.07 Å². The molecule has 23 heavy (non-hydrogen) atoms. The largest absolute Gasteiger partial charge is 0.376 e. The van der Waals surface area contributed by atoms with Crippen molar-refractivity contribution in [2.45, 2.75) is 26.5 Å². The normalized spacial score (nSPS) is 18.1. The number of aryl methyl sites for hydroxylation is 2. The Balaban J connectivity index is 1.51. The smallest absolute Gasteiger partial charge is 0.315 e. The van der Waals surface area contributed by atoms with Gasteiger partial charge in [-0.05, 0) is 37.1 Å². The quantitative estimate of drug-likeness (QED) is 0.807. The van der Waals surface area contributed by atoms with Crippen molar-refractivity contribution >= 4 is 16.9 Å². The highest BCUT2D eigenvalue weighted by Gasteiger charge is 2.15.